The molecule has 0 spiro atoms. The van der Waals surface area contributed by atoms with E-state index in [1.807, 2.05) is 0 Å². The summed E-state index contributed by atoms with van der Waals surface area (Å²) in [4.78, 5) is 34.5. The van der Waals surface area contributed by atoms with Gasteiger partial charge in [0.2, 0.25) is 5.91 Å². The number of nitrogens with one attached hydrogen (secondary N) is 1. The summed E-state index contributed by atoms with van der Waals surface area (Å²) in [7, 11) is 0. The van der Waals surface area contributed by atoms with Crippen LogP contribution in [0, 0.1) is 10.1 Å². The average molecular weight is 369 g/mol. The maximum Gasteiger partial charge on any atom is 0.293 e. The normalized spacial score (nSPS) is 18.8. The molecule has 1 aliphatic heterocycles. The fourth-order valence-corrected chi connectivity index (χ4v) is 3.02. The molecule has 1 aliphatic rings. The highest BCUT2D eigenvalue weighted by molar-refractivity contribution is 6.09. The largest absolute Gasteiger partial charge is 0.377 e. The first kappa shape index (κ1) is 18.5. The lowest BCUT2D eigenvalue weighted by molar-refractivity contribution is -0.384. The number of nitro benzene ring substituents is 1. The van der Waals surface area contributed by atoms with Crippen LogP contribution >= 0.6 is 0 Å². The molecule has 0 aromatic heterocycles. The summed E-state index contributed by atoms with van der Waals surface area (Å²) in [5.74, 6) is -0.791. The maximum atomic E-state index is 12.5. The number of nitro groups is 1. The number of hydrogen-bond acceptors (Lipinski definition) is 6. The van der Waals surface area contributed by atoms with Gasteiger partial charge in [-0.25, -0.2) is 0 Å². The van der Waals surface area contributed by atoms with E-state index in [1.165, 1.54) is 12.1 Å². The first-order valence-corrected chi connectivity index (χ1v) is 8.52. The zero-order valence-electron chi connectivity index (χ0n) is 14.5. The van der Waals surface area contributed by atoms with Crippen molar-refractivity contribution in [3.05, 3.63) is 69.8 Å². The van der Waals surface area contributed by atoms with Crippen LogP contribution < -0.4 is 11.1 Å². The van der Waals surface area contributed by atoms with Gasteiger partial charge in [0.15, 0.2) is 5.78 Å². The molecule has 0 aliphatic carbocycles. The molecule has 8 heteroatoms. The van der Waals surface area contributed by atoms with Crippen molar-refractivity contribution in [3.8, 4) is 0 Å². The summed E-state index contributed by atoms with van der Waals surface area (Å²) in [5, 5.41) is 14.4. The second kappa shape index (κ2) is 7.96. The van der Waals surface area contributed by atoms with Gasteiger partial charge < -0.3 is 15.8 Å². The van der Waals surface area contributed by atoms with Crippen LogP contribution in [0.2, 0.25) is 0 Å². The summed E-state index contributed by atoms with van der Waals surface area (Å²) in [6.07, 6.45) is 0.304. The Morgan fingerprint density at radius 3 is 2.52 bits per heavy atom. The Morgan fingerprint density at radius 2 is 1.89 bits per heavy atom. The molecule has 2 atom stereocenters. The molecule has 1 fully saturated rings. The van der Waals surface area contributed by atoms with Gasteiger partial charge in [-0.1, -0.05) is 30.3 Å². The number of primary amides is 1. The summed E-state index contributed by atoms with van der Waals surface area (Å²) < 4.78 is 5.50. The summed E-state index contributed by atoms with van der Waals surface area (Å²) in [6.45, 7) is 0.302. The summed E-state index contributed by atoms with van der Waals surface area (Å²) in [5.41, 5.74) is 6.02. The Kier molecular flexibility index (Phi) is 5.46. The van der Waals surface area contributed by atoms with Crippen molar-refractivity contribution in [1.82, 2.24) is 0 Å². The molecule has 0 radical (unpaired) electrons. The molecule has 0 bridgehead atoms. The Balaban J connectivity index is 1.74. The highest BCUT2D eigenvalue weighted by Gasteiger charge is 2.29. The predicted molar refractivity (Wildman–Crippen MR) is 98.6 cm³/mol. The summed E-state index contributed by atoms with van der Waals surface area (Å²) >= 11 is 0. The number of hydrogen-bond donors (Lipinski definition) is 2. The van der Waals surface area contributed by atoms with Crippen molar-refractivity contribution < 1.29 is 19.2 Å². The monoisotopic (exact) mass is 369 g/mol. The molecule has 1 saturated heterocycles. The van der Waals surface area contributed by atoms with Gasteiger partial charge in [0.25, 0.3) is 5.69 Å². The van der Waals surface area contributed by atoms with Crippen LogP contribution in [-0.4, -0.2) is 35.4 Å². The fraction of sp³-hybridized carbons (Fsp3) is 0.263. The van der Waals surface area contributed by atoms with Gasteiger partial charge in [-0.3, -0.25) is 19.7 Å². The van der Waals surface area contributed by atoms with E-state index in [2.05, 4.69) is 5.32 Å². The molecule has 2 unspecified atom stereocenters. The molecule has 2 aromatic rings. The molecular formula is C19H19N3O5. The number of nitrogens with zero attached hydrogens (tertiary/aromatic N) is 1. The van der Waals surface area contributed by atoms with Crippen LogP contribution in [0.25, 0.3) is 0 Å². The average Bonchev–Trinajstić information content (AvgIpc) is 3.15. The Labute approximate surface area is 155 Å². The number of anilines is 1. The number of amides is 1. The van der Waals surface area contributed by atoms with Gasteiger partial charge >= 0.3 is 0 Å². The lowest BCUT2D eigenvalue weighted by Crippen LogP contribution is -2.30. The van der Waals surface area contributed by atoms with Crippen LogP contribution in [0.15, 0.2) is 48.5 Å². The van der Waals surface area contributed by atoms with Crippen LogP contribution in [-0.2, 0) is 9.53 Å². The minimum absolute atomic E-state index is 0.193. The van der Waals surface area contributed by atoms with Gasteiger partial charge in [0.1, 0.15) is 11.8 Å². The minimum Gasteiger partial charge on any atom is -0.377 e. The van der Waals surface area contributed by atoms with E-state index in [1.54, 1.807) is 36.4 Å². The molecule has 3 N–H and O–H groups in total. The van der Waals surface area contributed by atoms with E-state index in [9.17, 15) is 19.7 Å². The van der Waals surface area contributed by atoms with Gasteiger partial charge in [-0.05, 0) is 25.0 Å². The van der Waals surface area contributed by atoms with Crippen molar-refractivity contribution in [3.63, 3.8) is 0 Å². The van der Waals surface area contributed by atoms with E-state index in [4.69, 9.17) is 10.5 Å². The van der Waals surface area contributed by atoms with Crippen LogP contribution in [0.3, 0.4) is 0 Å². The number of nitrogens with two attached hydrogens (primary N) is 1. The number of ketones is 1. The van der Waals surface area contributed by atoms with Crippen molar-refractivity contribution in [2.45, 2.75) is 25.0 Å². The molecule has 27 heavy (non-hydrogen) atoms. The predicted octanol–water partition coefficient (Wildman–Crippen LogP) is 2.27. The number of rotatable bonds is 7. The summed E-state index contributed by atoms with van der Waals surface area (Å²) in [6, 6.07) is 12.9. The number of ether oxygens (including phenoxy) is 1. The fourth-order valence-electron chi connectivity index (χ4n) is 3.02. The molecule has 1 heterocycles. The highest BCUT2D eigenvalue weighted by Crippen LogP contribution is 2.28. The van der Waals surface area contributed by atoms with Crippen LogP contribution in [0.5, 0.6) is 0 Å². The third kappa shape index (κ3) is 4.29. The second-order valence-corrected chi connectivity index (χ2v) is 6.29. The first-order valence-electron chi connectivity index (χ1n) is 8.52. The SMILES string of the molecule is NC(=O)C1CCC(CNc2ccc(C(=O)c3ccccc3)cc2[N+](=O)[O-])O1. The van der Waals surface area contributed by atoms with E-state index < -0.39 is 16.9 Å². The lowest BCUT2D eigenvalue weighted by atomic mass is 10.0. The smallest absolute Gasteiger partial charge is 0.293 e. The van der Waals surface area contributed by atoms with Gasteiger partial charge in [-0.2, -0.15) is 0 Å². The Bertz CT molecular complexity index is 869. The van der Waals surface area contributed by atoms with E-state index in [-0.39, 0.29) is 28.8 Å². The van der Waals surface area contributed by atoms with Crippen molar-refractivity contribution in [2.75, 3.05) is 11.9 Å². The zero-order chi connectivity index (χ0) is 19.4. The molecule has 1 amide bonds. The number of carbonyl (C=O) groups is 2. The third-order valence-electron chi connectivity index (χ3n) is 4.44. The minimum atomic E-state index is -0.613. The third-order valence-corrected chi connectivity index (χ3v) is 4.44. The molecule has 0 saturated carbocycles. The lowest BCUT2D eigenvalue weighted by Gasteiger charge is -2.14. The quantitative estimate of drug-likeness (QED) is 0.438. The van der Waals surface area contributed by atoms with Gasteiger partial charge in [-0.15, -0.1) is 0 Å². The van der Waals surface area contributed by atoms with Crippen molar-refractivity contribution >= 4 is 23.1 Å². The molecule has 8 nitrogen and oxygen atoms in total. The molecule has 2 aromatic carbocycles. The Hall–Kier alpha value is -3.26. The Morgan fingerprint density at radius 1 is 1.15 bits per heavy atom. The van der Waals surface area contributed by atoms with E-state index in [0.717, 1.165) is 0 Å². The number of benzene rings is 2. The molecular weight excluding hydrogens is 350 g/mol. The van der Waals surface area contributed by atoms with E-state index in [0.29, 0.717) is 24.9 Å². The first-order chi connectivity index (χ1) is 13.0. The van der Waals surface area contributed by atoms with Crippen LogP contribution in [0.1, 0.15) is 28.8 Å². The van der Waals surface area contributed by atoms with Gasteiger partial charge in [0.05, 0.1) is 11.0 Å². The second-order valence-electron chi connectivity index (χ2n) is 6.29. The molecule has 140 valence electrons. The zero-order valence-corrected chi connectivity index (χ0v) is 14.5. The number of carbonyl (C=O) groups excluding carboxylic acids is 2. The highest BCUT2D eigenvalue weighted by atomic mass is 16.6. The van der Waals surface area contributed by atoms with Crippen LogP contribution in [0.4, 0.5) is 11.4 Å². The topological polar surface area (TPSA) is 125 Å². The van der Waals surface area contributed by atoms with E-state index >= 15 is 0 Å². The van der Waals surface area contributed by atoms with Crippen molar-refractivity contribution in [2.24, 2.45) is 5.73 Å². The molecule has 3 rings (SSSR count). The maximum absolute atomic E-state index is 12.5. The van der Waals surface area contributed by atoms with Gasteiger partial charge in [0, 0.05) is 23.7 Å². The standard InChI is InChI=1S/C19H19N3O5/c20-19(24)17-9-7-14(27-17)11-21-15-8-6-13(10-16(15)22(25)26)18(23)12-4-2-1-3-5-12/h1-6,8,10,14,17,21H,7,9,11H2,(H2,20,24). The van der Waals surface area contributed by atoms with Crippen molar-refractivity contribution in [1.29, 1.82) is 0 Å².